The van der Waals surface area contributed by atoms with E-state index in [1.54, 1.807) is 6.07 Å². The first-order chi connectivity index (χ1) is 17.7. The van der Waals surface area contributed by atoms with E-state index in [0.29, 0.717) is 33.4 Å². The van der Waals surface area contributed by atoms with Crippen LogP contribution in [0.5, 0.6) is 0 Å². The molecular formula is C27H35Cl2N3O5Si. The molecule has 2 aliphatic heterocycles. The molecule has 3 aromatic rings. The van der Waals surface area contributed by atoms with Crippen LogP contribution in [0.4, 0.5) is 0 Å². The molecule has 0 radical (unpaired) electrons. The van der Waals surface area contributed by atoms with Gasteiger partial charge in [0.15, 0.2) is 20.3 Å². The van der Waals surface area contributed by atoms with E-state index in [-0.39, 0.29) is 5.04 Å². The third-order valence-corrected chi connectivity index (χ3v) is 12.9. The highest BCUT2D eigenvalue weighted by atomic mass is 35.5. The first-order valence-electron chi connectivity index (χ1n) is 12.8. The van der Waals surface area contributed by atoms with Crippen LogP contribution in [0.1, 0.15) is 58.1 Å². The summed E-state index contributed by atoms with van der Waals surface area (Å²) >= 11 is 12.7. The molecule has 0 aliphatic carbocycles. The van der Waals surface area contributed by atoms with Gasteiger partial charge in [-0.25, -0.2) is 9.97 Å². The van der Waals surface area contributed by atoms with Crippen molar-refractivity contribution in [3.63, 3.8) is 0 Å². The summed E-state index contributed by atoms with van der Waals surface area (Å²) in [5.41, 5.74) is 2.13. The van der Waals surface area contributed by atoms with Crippen molar-refractivity contribution in [3.05, 3.63) is 58.1 Å². The lowest BCUT2D eigenvalue weighted by Crippen LogP contribution is -2.40. The van der Waals surface area contributed by atoms with Gasteiger partial charge in [-0.05, 0) is 61.3 Å². The Kier molecular flexibility index (Phi) is 7.23. The third kappa shape index (κ3) is 5.04. The van der Waals surface area contributed by atoms with E-state index in [0.717, 1.165) is 5.56 Å². The normalized spacial score (nSPS) is 26.2. The molecule has 1 aromatic carbocycles. The molecule has 0 bridgehead atoms. The minimum absolute atomic E-state index is 0.0476. The van der Waals surface area contributed by atoms with Crippen molar-refractivity contribution < 1.29 is 23.7 Å². The Morgan fingerprint density at radius 2 is 1.84 bits per heavy atom. The summed E-state index contributed by atoms with van der Waals surface area (Å²) in [6, 6.07) is 7.30. The first kappa shape index (κ1) is 28.0. The smallest absolute Gasteiger partial charge is 0.192 e. The molecule has 2 saturated heterocycles. The number of halogens is 2. The number of aromatic nitrogens is 3. The average Bonchev–Trinajstić information content (AvgIpc) is 3.48. The van der Waals surface area contributed by atoms with Crippen LogP contribution >= 0.6 is 23.2 Å². The van der Waals surface area contributed by atoms with Crippen molar-refractivity contribution in [2.45, 2.75) is 95.8 Å². The van der Waals surface area contributed by atoms with Gasteiger partial charge in [-0.3, -0.25) is 0 Å². The standard InChI is InChI=1S/C27H35Cl2N3O5Si/c1-26(2,3)38(6,7)34-13-15-12-16(28)8-9-17(15)19(33)20-21-22(37-27(4,5)36-21)25(35-20)32-11-10-18-23(29)30-14-31-24(18)32/h8-12,14,19-22,25,33H,13H2,1-7H3/t19-,20-,21-,22-,25-/m1/s1. The molecular weight excluding hydrogens is 545 g/mol. The fourth-order valence-electron chi connectivity index (χ4n) is 4.87. The SMILES string of the molecule is CC1(C)O[C@H]2[C@@H](O1)[C@H](n1ccc3c(Cl)ncnc31)O[C@@H]2[C@H](O)c1ccc(Cl)cc1CO[Si](C)(C)C(C)(C)C. The molecule has 1 N–H and O–H groups in total. The second kappa shape index (κ2) is 9.81. The maximum atomic E-state index is 11.8. The van der Waals surface area contributed by atoms with E-state index in [1.807, 2.05) is 42.8 Å². The molecule has 0 spiro atoms. The number of rotatable bonds is 6. The van der Waals surface area contributed by atoms with Gasteiger partial charge in [0, 0.05) is 11.2 Å². The van der Waals surface area contributed by atoms with Crippen LogP contribution in [0, 0.1) is 0 Å². The van der Waals surface area contributed by atoms with Crippen LogP contribution in [-0.2, 0) is 25.2 Å². The Hall–Kier alpha value is -1.56. The number of ether oxygens (including phenoxy) is 3. The van der Waals surface area contributed by atoms with E-state index in [4.69, 9.17) is 41.8 Å². The topological polar surface area (TPSA) is 87.9 Å². The zero-order valence-corrected chi connectivity index (χ0v) is 25.2. The molecule has 11 heteroatoms. The molecule has 0 unspecified atom stereocenters. The fourth-order valence-corrected chi connectivity index (χ4v) is 6.21. The number of fused-ring (bicyclic) bond motifs is 2. The highest BCUT2D eigenvalue weighted by Crippen LogP contribution is 2.48. The summed E-state index contributed by atoms with van der Waals surface area (Å²) in [5.74, 6) is -0.848. The number of aliphatic hydroxyl groups excluding tert-OH is 1. The zero-order valence-electron chi connectivity index (χ0n) is 22.7. The first-order valence-corrected chi connectivity index (χ1v) is 16.4. The van der Waals surface area contributed by atoms with E-state index in [1.165, 1.54) is 6.33 Å². The maximum absolute atomic E-state index is 11.8. The lowest BCUT2D eigenvalue weighted by atomic mass is 9.95. The largest absolute Gasteiger partial charge is 0.413 e. The minimum Gasteiger partial charge on any atom is -0.413 e. The molecule has 2 aliphatic rings. The van der Waals surface area contributed by atoms with Gasteiger partial charge in [0.2, 0.25) is 0 Å². The predicted molar refractivity (Wildman–Crippen MR) is 149 cm³/mol. The van der Waals surface area contributed by atoms with Gasteiger partial charge in [-0.15, -0.1) is 0 Å². The molecule has 206 valence electrons. The van der Waals surface area contributed by atoms with Crippen LogP contribution in [-0.4, -0.2) is 52.1 Å². The number of aliphatic hydroxyl groups is 1. The van der Waals surface area contributed by atoms with E-state index < -0.39 is 44.7 Å². The van der Waals surface area contributed by atoms with Crippen molar-refractivity contribution in [1.29, 1.82) is 0 Å². The quantitative estimate of drug-likeness (QED) is 0.266. The van der Waals surface area contributed by atoms with Gasteiger partial charge < -0.3 is 28.3 Å². The highest BCUT2D eigenvalue weighted by molar-refractivity contribution is 6.74. The fraction of sp³-hybridized carbons (Fsp3) is 0.556. The van der Waals surface area contributed by atoms with Gasteiger partial charge in [-0.2, -0.15) is 0 Å². The number of benzene rings is 1. The summed E-state index contributed by atoms with van der Waals surface area (Å²) in [6.45, 7) is 15.1. The highest BCUT2D eigenvalue weighted by Gasteiger charge is 2.58. The Balaban J connectivity index is 1.48. The van der Waals surface area contributed by atoms with Crippen molar-refractivity contribution in [2.75, 3.05) is 0 Å². The average molecular weight is 581 g/mol. The minimum atomic E-state index is -2.04. The van der Waals surface area contributed by atoms with Crippen LogP contribution in [0.2, 0.25) is 28.3 Å². The maximum Gasteiger partial charge on any atom is 0.192 e. The second-order valence-corrected chi connectivity index (χ2v) is 17.6. The number of hydrogen-bond donors (Lipinski definition) is 1. The van der Waals surface area contributed by atoms with Gasteiger partial charge in [-0.1, -0.05) is 50.0 Å². The molecule has 8 nitrogen and oxygen atoms in total. The van der Waals surface area contributed by atoms with Gasteiger partial charge >= 0.3 is 0 Å². The predicted octanol–water partition coefficient (Wildman–Crippen LogP) is 6.41. The zero-order chi connectivity index (χ0) is 27.6. The molecule has 38 heavy (non-hydrogen) atoms. The molecule has 5 atom stereocenters. The van der Waals surface area contributed by atoms with Gasteiger partial charge in [0.05, 0.1) is 12.0 Å². The van der Waals surface area contributed by atoms with Crippen molar-refractivity contribution in [1.82, 2.24) is 14.5 Å². The van der Waals surface area contributed by atoms with Crippen molar-refractivity contribution >= 4 is 42.6 Å². The van der Waals surface area contributed by atoms with Crippen LogP contribution < -0.4 is 0 Å². The Bertz CT molecular complexity index is 1340. The molecule has 2 fully saturated rings. The molecule has 5 rings (SSSR count). The van der Waals surface area contributed by atoms with Gasteiger partial charge in [0.25, 0.3) is 0 Å². The molecule has 0 amide bonds. The Labute approximate surface area is 234 Å². The lowest BCUT2D eigenvalue weighted by molar-refractivity contribution is -0.207. The van der Waals surface area contributed by atoms with E-state index in [9.17, 15) is 5.11 Å². The van der Waals surface area contributed by atoms with Crippen LogP contribution in [0.15, 0.2) is 36.8 Å². The second-order valence-electron chi connectivity index (χ2n) is 12.0. The van der Waals surface area contributed by atoms with Crippen LogP contribution in [0.3, 0.4) is 0 Å². The monoisotopic (exact) mass is 579 g/mol. The van der Waals surface area contributed by atoms with Crippen molar-refractivity contribution in [2.24, 2.45) is 0 Å². The molecule has 4 heterocycles. The van der Waals surface area contributed by atoms with Crippen molar-refractivity contribution in [3.8, 4) is 0 Å². The van der Waals surface area contributed by atoms with Crippen LogP contribution in [0.25, 0.3) is 11.0 Å². The lowest BCUT2D eigenvalue weighted by Gasteiger charge is -2.36. The summed E-state index contributed by atoms with van der Waals surface area (Å²) in [7, 11) is -2.04. The van der Waals surface area contributed by atoms with E-state index in [2.05, 4.69) is 43.8 Å². The number of hydrogen-bond acceptors (Lipinski definition) is 7. The third-order valence-electron chi connectivity index (χ3n) is 7.93. The van der Waals surface area contributed by atoms with Gasteiger partial charge in [0.1, 0.15) is 41.5 Å². The Morgan fingerprint density at radius 1 is 1.13 bits per heavy atom. The summed E-state index contributed by atoms with van der Waals surface area (Å²) in [5, 5.41) is 13.5. The van der Waals surface area contributed by atoms with E-state index >= 15 is 0 Å². The Morgan fingerprint density at radius 3 is 2.55 bits per heavy atom. The molecule has 2 aromatic heterocycles. The molecule has 0 saturated carbocycles. The summed E-state index contributed by atoms with van der Waals surface area (Å²) in [6.07, 6.45) is -0.0633. The summed E-state index contributed by atoms with van der Waals surface area (Å²) < 4.78 is 27.4. The number of nitrogens with zero attached hydrogens (tertiary/aromatic N) is 3. The summed E-state index contributed by atoms with van der Waals surface area (Å²) in [4.78, 5) is 8.49.